The zero-order chi connectivity index (χ0) is 15.2. The Balaban J connectivity index is 1.84. The maximum Gasteiger partial charge on any atom is 0.319 e. The second-order valence-electron chi connectivity index (χ2n) is 4.36. The summed E-state index contributed by atoms with van der Waals surface area (Å²) in [4.78, 5) is 11.8. The molecule has 0 saturated heterocycles. The minimum atomic E-state index is -0.332. The van der Waals surface area contributed by atoms with Crippen molar-refractivity contribution in [3.8, 4) is 0 Å². The van der Waals surface area contributed by atoms with Crippen molar-refractivity contribution in [2.24, 2.45) is 0 Å². The van der Waals surface area contributed by atoms with E-state index in [2.05, 4.69) is 10.6 Å². The molecule has 0 atom stereocenters. The van der Waals surface area contributed by atoms with E-state index in [9.17, 15) is 4.79 Å². The van der Waals surface area contributed by atoms with Gasteiger partial charge in [-0.05, 0) is 36.2 Å². The van der Waals surface area contributed by atoms with E-state index in [1.165, 1.54) is 0 Å². The first-order valence-corrected chi connectivity index (χ1v) is 7.43. The Morgan fingerprint density at radius 3 is 2.57 bits per heavy atom. The van der Waals surface area contributed by atoms with Crippen LogP contribution >= 0.6 is 34.8 Å². The third kappa shape index (κ3) is 4.81. The fourth-order valence-electron chi connectivity index (χ4n) is 1.78. The Morgan fingerprint density at radius 2 is 1.81 bits per heavy atom. The van der Waals surface area contributed by atoms with Gasteiger partial charge in [0.1, 0.15) is 0 Å². The number of amides is 2. The first-order chi connectivity index (χ1) is 10.1. The van der Waals surface area contributed by atoms with E-state index >= 15 is 0 Å². The van der Waals surface area contributed by atoms with Gasteiger partial charge in [-0.15, -0.1) is 0 Å². The summed E-state index contributed by atoms with van der Waals surface area (Å²) >= 11 is 17.8. The van der Waals surface area contributed by atoms with Crippen LogP contribution in [0.25, 0.3) is 0 Å². The summed E-state index contributed by atoms with van der Waals surface area (Å²) in [6.45, 7) is 0.490. The molecule has 0 heterocycles. The fraction of sp³-hybridized carbons (Fsp3) is 0.133. The molecular weight excluding hydrogens is 331 g/mol. The van der Waals surface area contributed by atoms with Crippen molar-refractivity contribution in [2.75, 3.05) is 11.9 Å². The van der Waals surface area contributed by atoms with Crippen molar-refractivity contribution in [2.45, 2.75) is 6.42 Å². The van der Waals surface area contributed by atoms with Crippen LogP contribution < -0.4 is 10.6 Å². The molecule has 0 aromatic heterocycles. The highest BCUT2D eigenvalue weighted by Crippen LogP contribution is 2.29. The highest BCUT2D eigenvalue weighted by Gasteiger charge is 2.07. The molecule has 21 heavy (non-hydrogen) atoms. The number of benzene rings is 2. The van der Waals surface area contributed by atoms with E-state index in [-0.39, 0.29) is 6.03 Å². The van der Waals surface area contributed by atoms with Crippen molar-refractivity contribution in [3.05, 3.63) is 63.1 Å². The van der Waals surface area contributed by atoms with Crippen LogP contribution in [-0.2, 0) is 6.42 Å². The minimum Gasteiger partial charge on any atom is -0.338 e. The van der Waals surface area contributed by atoms with Gasteiger partial charge in [0, 0.05) is 11.6 Å². The van der Waals surface area contributed by atoms with Crippen LogP contribution in [0.4, 0.5) is 10.5 Å². The summed E-state index contributed by atoms with van der Waals surface area (Å²) in [5.74, 6) is 0. The molecule has 0 radical (unpaired) electrons. The molecule has 2 aromatic rings. The van der Waals surface area contributed by atoms with E-state index in [0.29, 0.717) is 33.7 Å². The lowest BCUT2D eigenvalue weighted by Gasteiger charge is -2.09. The van der Waals surface area contributed by atoms with Gasteiger partial charge in [-0.3, -0.25) is 0 Å². The maximum absolute atomic E-state index is 11.8. The van der Waals surface area contributed by atoms with Crippen LogP contribution in [0.5, 0.6) is 0 Å². The van der Waals surface area contributed by atoms with Crippen LogP contribution in [0.15, 0.2) is 42.5 Å². The Morgan fingerprint density at radius 1 is 1.05 bits per heavy atom. The van der Waals surface area contributed by atoms with Gasteiger partial charge >= 0.3 is 6.03 Å². The minimum absolute atomic E-state index is 0.323. The summed E-state index contributed by atoms with van der Waals surface area (Å²) in [6.07, 6.45) is 0.692. The summed E-state index contributed by atoms with van der Waals surface area (Å²) in [7, 11) is 0. The van der Waals surface area contributed by atoms with Crippen LogP contribution in [0.1, 0.15) is 5.56 Å². The number of rotatable bonds is 4. The Hall–Kier alpha value is -1.42. The normalized spacial score (nSPS) is 10.2. The molecular formula is C15H13Cl3N2O. The Labute approximate surface area is 138 Å². The van der Waals surface area contributed by atoms with Crippen molar-refractivity contribution < 1.29 is 4.79 Å². The Kier molecular flexibility index (Phi) is 5.74. The molecule has 2 amide bonds. The van der Waals surface area contributed by atoms with Crippen LogP contribution in [0, 0.1) is 0 Å². The van der Waals surface area contributed by atoms with Gasteiger partial charge in [-0.2, -0.15) is 0 Å². The number of anilines is 1. The number of carbonyl (C=O) groups excluding carboxylic acids is 1. The van der Waals surface area contributed by atoms with Gasteiger partial charge in [-0.1, -0.05) is 53.0 Å². The number of halogens is 3. The first kappa shape index (κ1) is 16.0. The largest absolute Gasteiger partial charge is 0.338 e. The predicted molar refractivity (Wildman–Crippen MR) is 88.6 cm³/mol. The maximum atomic E-state index is 11.8. The predicted octanol–water partition coefficient (Wildman–Crippen LogP) is 5.01. The summed E-state index contributed by atoms with van der Waals surface area (Å²) in [6, 6.07) is 12.2. The van der Waals surface area contributed by atoms with Gasteiger partial charge < -0.3 is 10.6 Å². The van der Waals surface area contributed by atoms with E-state index in [1.807, 2.05) is 24.3 Å². The molecule has 2 N–H and O–H groups in total. The number of carbonyl (C=O) groups is 1. The lowest BCUT2D eigenvalue weighted by molar-refractivity contribution is 0.252. The summed E-state index contributed by atoms with van der Waals surface area (Å²) in [5.41, 5.74) is 1.54. The number of hydrogen-bond donors (Lipinski definition) is 2. The summed E-state index contributed by atoms with van der Waals surface area (Å²) < 4.78 is 0. The van der Waals surface area contributed by atoms with Crippen molar-refractivity contribution in [1.29, 1.82) is 0 Å². The molecule has 110 valence electrons. The first-order valence-electron chi connectivity index (χ1n) is 6.29. The average Bonchev–Trinajstić information content (AvgIpc) is 2.44. The molecule has 0 spiro atoms. The van der Waals surface area contributed by atoms with Crippen LogP contribution in [-0.4, -0.2) is 12.6 Å². The van der Waals surface area contributed by atoms with Gasteiger partial charge in [-0.25, -0.2) is 4.79 Å². The van der Waals surface area contributed by atoms with Gasteiger partial charge in [0.2, 0.25) is 0 Å². The van der Waals surface area contributed by atoms with Gasteiger partial charge in [0.05, 0.1) is 15.7 Å². The molecule has 6 heteroatoms. The molecule has 0 fully saturated rings. The third-order valence-electron chi connectivity index (χ3n) is 2.79. The second-order valence-corrected chi connectivity index (χ2v) is 5.58. The highest BCUT2D eigenvalue weighted by atomic mass is 35.5. The molecule has 0 bridgehead atoms. The van der Waals surface area contributed by atoms with Crippen molar-refractivity contribution >= 4 is 46.5 Å². The number of urea groups is 1. The molecule has 0 saturated carbocycles. The fourth-order valence-corrected chi connectivity index (χ4v) is 2.34. The molecule has 0 aliphatic carbocycles. The van der Waals surface area contributed by atoms with Crippen molar-refractivity contribution in [3.63, 3.8) is 0 Å². The highest BCUT2D eigenvalue weighted by molar-refractivity contribution is 6.43. The smallest absolute Gasteiger partial charge is 0.319 e. The molecule has 0 unspecified atom stereocenters. The van der Waals surface area contributed by atoms with Crippen LogP contribution in [0.2, 0.25) is 15.1 Å². The second kappa shape index (κ2) is 7.55. The summed E-state index contributed by atoms with van der Waals surface area (Å²) in [5, 5.41) is 6.81. The van der Waals surface area contributed by atoms with Crippen molar-refractivity contribution in [1.82, 2.24) is 5.32 Å². The van der Waals surface area contributed by atoms with Gasteiger partial charge in [0.25, 0.3) is 0 Å². The van der Waals surface area contributed by atoms with E-state index in [1.54, 1.807) is 18.2 Å². The molecule has 2 aromatic carbocycles. The zero-order valence-corrected chi connectivity index (χ0v) is 13.3. The molecule has 2 rings (SSSR count). The molecule has 0 aliphatic rings. The lowest BCUT2D eigenvalue weighted by atomic mass is 10.1. The molecule has 3 nitrogen and oxygen atoms in total. The molecule has 0 aliphatic heterocycles. The van der Waals surface area contributed by atoms with E-state index in [0.717, 1.165) is 5.56 Å². The number of hydrogen-bond acceptors (Lipinski definition) is 1. The quantitative estimate of drug-likeness (QED) is 0.805. The monoisotopic (exact) mass is 342 g/mol. The zero-order valence-electron chi connectivity index (χ0n) is 11.0. The van der Waals surface area contributed by atoms with E-state index in [4.69, 9.17) is 34.8 Å². The third-order valence-corrected chi connectivity index (χ3v) is 3.84. The lowest BCUT2D eigenvalue weighted by Crippen LogP contribution is -2.30. The Bertz CT molecular complexity index is 647. The standard InChI is InChI=1S/C15H13Cl3N2O/c16-11-4-1-3-10(9-11)7-8-19-15(21)20-13-6-2-5-12(17)14(13)18/h1-6,9H,7-8H2,(H2,19,20,21). The number of nitrogens with one attached hydrogen (secondary N) is 2. The van der Waals surface area contributed by atoms with Crippen LogP contribution in [0.3, 0.4) is 0 Å². The van der Waals surface area contributed by atoms with Gasteiger partial charge in [0.15, 0.2) is 0 Å². The topological polar surface area (TPSA) is 41.1 Å². The SMILES string of the molecule is O=C(NCCc1cccc(Cl)c1)Nc1cccc(Cl)c1Cl. The van der Waals surface area contributed by atoms with E-state index < -0.39 is 0 Å². The average molecular weight is 344 g/mol.